The molecule has 0 spiro atoms. The highest BCUT2D eigenvalue weighted by Crippen LogP contribution is 2.26. The molecule has 2 heterocycles. The largest absolute Gasteiger partial charge is 0.383 e. The molecule has 0 saturated carbocycles. The van der Waals surface area contributed by atoms with Crippen molar-refractivity contribution in [2.24, 2.45) is 0 Å². The van der Waals surface area contributed by atoms with Crippen LogP contribution in [-0.4, -0.2) is 35.5 Å². The van der Waals surface area contributed by atoms with Crippen LogP contribution in [-0.2, 0) is 0 Å². The maximum absolute atomic E-state index is 5.73. The number of likely N-dealkylation sites (N-methyl/N-ethyl adjacent to an activating group) is 1. The summed E-state index contributed by atoms with van der Waals surface area (Å²) in [6, 6.07) is 0.650. The highest BCUT2D eigenvalue weighted by atomic mass is 32.1. The molecule has 1 aromatic heterocycles. The van der Waals surface area contributed by atoms with Gasteiger partial charge in [-0.25, -0.2) is 0 Å². The van der Waals surface area contributed by atoms with Crippen molar-refractivity contribution in [3.63, 3.8) is 0 Å². The first kappa shape index (κ1) is 11.7. The third kappa shape index (κ3) is 2.47. The van der Waals surface area contributed by atoms with Gasteiger partial charge in [-0.1, -0.05) is 6.42 Å². The first-order valence-corrected chi connectivity index (χ1v) is 6.61. The standard InChI is InChI=1S/C11H20N4S/c1-8-10(12)14-16-11(8)13-7-9-5-3-4-6-15(9)2/h9,13H,3-7H2,1-2H3,(H2,12,14). The Balaban J connectivity index is 1.89. The minimum atomic E-state index is 0.650. The molecule has 1 aromatic rings. The second-order valence-electron chi connectivity index (χ2n) is 4.53. The monoisotopic (exact) mass is 240 g/mol. The van der Waals surface area contributed by atoms with Crippen LogP contribution in [0.4, 0.5) is 10.8 Å². The Labute approximate surface area is 101 Å². The second-order valence-corrected chi connectivity index (χ2v) is 5.31. The zero-order chi connectivity index (χ0) is 11.5. The summed E-state index contributed by atoms with van der Waals surface area (Å²) < 4.78 is 4.14. The van der Waals surface area contributed by atoms with Gasteiger partial charge in [0.05, 0.1) is 0 Å². The number of hydrogen-bond acceptors (Lipinski definition) is 5. The summed E-state index contributed by atoms with van der Waals surface area (Å²) in [5, 5.41) is 4.59. The number of anilines is 2. The average Bonchev–Trinajstić information content (AvgIpc) is 2.59. The third-order valence-electron chi connectivity index (χ3n) is 3.38. The molecule has 5 heteroatoms. The van der Waals surface area contributed by atoms with Gasteiger partial charge in [0.15, 0.2) is 0 Å². The molecule has 1 saturated heterocycles. The van der Waals surface area contributed by atoms with E-state index in [1.165, 1.54) is 37.3 Å². The predicted molar refractivity (Wildman–Crippen MR) is 70.0 cm³/mol. The van der Waals surface area contributed by atoms with Gasteiger partial charge in [0, 0.05) is 18.2 Å². The molecule has 1 aliphatic rings. The summed E-state index contributed by atoms with van der Waals surface area (Å²) in [4.78, 5) is 2.44. The van der Waals surface area contributed by atoms with Crippen molar-refractivity contribution in [2.75, 3.05) is 31.2 Å². The second kappa shape index (κ2) is 5.01. The van der Waals surface area contributed by atoms with Gasteiger partial charge < -0.3 is 16.0 Å². The van der Waals surface area contributed by atoms with Crippen molar-refractivity contribution in [1.29, 1.82) is 0 Å². The first-order chi connectivity index (χ1) is 7.68. The molecule has 1 atom stereocenters. The molecule has 0 bridgehead atoms. The molecule has 2 rings (SSSR count). The summed E-state index contributed by atoms with van der Waals surface area (Å²) in [6.07, 6.45) is 3.97. The quantitative estimate of drug-likeness (QED) is 0.847. The fourth-order valence-corrected chi connectivity index (χ4v) is 2.84. The number of nitrogens with two attached hydrogens (primary N) is 1. The van der Waals surface area contributed by atoms with Crippen LogP contribution < -0.4 is 11.1 Å². The van der Waals surface area contributed by atoms with E-state index in [2.05, 4.69) is 21.6 Å². The Kier molecular flexibility index (Phi) is 3.66. The lowest BCUT2D eigenvalue weighted by Gasteiger charge is -2.32. The Morgan fingerprint density at radius 3 is 3.00 bits per heavy atom. The molecule has 0 aromatic carbocycles. The van der Waals surface area contributed by atoms with E-state index in [1.54, 1.807) is 0 Å². The lowest BCUT2D eigenvalue weighted by atomic mass is 10.0. The van der Waals surface area contributed by atoms with E-state index >= 15 is 0 Å². The zero-order valence-corrected chi connectivity index (χ0v) is 10.8. The van der Waals surface area contributed by atoms with Crippen LogP contribution in [0, 0.1) is 6.92 Å². The van der Waals surface area contributed by atoms with Crippen LogP contribution in [0.5, 0.6) is 0 Å². The molecule has 0 aliphatic carbocycles. The molecule has 16 heavy (non-hydrogen) atoms. The van der Waals surface area contributed by atoms with Gasteiger partial charge >= 0.3 is 0 Å². The van der Waals surface area contributed by atoms with E-state index in [4.69, 9.17) is 5.73 Å². The molecular weight excluding hydrogens is 220 g/mol. The number of rotatable bonds is 3. The van der Waals surface area contributed by atoms with Crippen molar-refractivity contribution in [1.82, 2.24) is 9.27 Å². The Hall–Kier alpha value is -0.810. The summed E-state index contributed by atoms with van der Waals surface area (Å²) in [5.41, 5.74) is 6.81. The first-order valence-electron chi connectivity index (χ1n) is 5.84. The summed E-state index contributed by atoms with van der Waals surface area (Å²) in [6.45, 7) is 4.24. The third-order valence-corrected chi connectivity index (χ3v) is 4.30. The molecule has 3 N–H and O–H groups in total. The highest BCUT2D eigenvalue weighted by Gasteiger charge is 2.19. The Morgan fingerprint density at radius 2 is 2.38 bits per heavy atom. The number of piperidine rings is 1. The number of aromatic nitrogens is 1. The topological polar surface area (TPSA) is 54.2 Å². The van der Waals surface area contributed by atoms with Gasteiger partial charge in [-0.15, -0.1) is 0 Å². The van der Waals surface area contributed by atoms with E-state index < -0.39 is 0 Å². The van der Waals surface area contributed by atoms with Crippen LogP contribution >= 0.6 is 11.5 Å². The van der Waals surface area contributed by atoms with Crippen LogP contribution in [0.1, 0.15) is 24.8 Å². The van der Waals surface area contributed by atoms with Crippen molar-refractivity contribution in [3.05, 3.63) is 5.56 Å². The van der Waals surface area contributed by atoms with Crippen molar-refractivity contribution < 1.29 is 0 Å². The summed E-state index contributed by atoms with van der Waals surface area (Å²) in [5.74, 6) is 0.657. The van der Waals surface area contributed by atoms with E-state index in [1.807, 2.05) is 6.92 Å². The van der Waals surface area contributed by atoms with E-state index in [0.717, 1.165) is 17.1 Å². The Morgan fingerprint density at radius 1 is 1.56 bits per heavy atom. The molecule has 4 nitrogen and oxygen atoms in total. The van der Waals surface area contributed by atoms with Gasteiger partial charge in [-0.3, -0.25) is 0 Å². The van der Waals surface area contributed by atoms with Crippen molar-refractivity contribution >= 4 is 22.4 Å². The average molecular weight is 240 g/mol. The number of nitrogens with one attached hydrogen (secondary N) is 1. The van der Waals surface area contributed by atoms with Crippen molar-refractivity contribution in [3.8, 4) is 0 Å². The summed E-state index contributed by atoms with van der Waals surface area (Å²) in [7, 11) is 2.21. The van der Waals surface area contributed by atoms with E-state index in [-0.39, 0.29) is 0 Å². The minimum absolute atomic E-state index is 0.650. The number of nitrogens with zero attached hydrogens (tertiary/aromatic N) is 2. The molecule has 90 valence electrons. The van der Waals surface area contributed by atoms with Gasteiger partial charge in [-0.05, 0) is 44.9 Å². The molecule has 1 fully saturated rings. The van der Waals surface area contributed by atoms with Crippen LogP contribution in [0.15, 0.2) is 0 Å². The fraction of sp³-hybridized carbons (Fsp3) is 0.727. The normalized spacial score (nSPS) is 22.2. The SMILES string of the molecule is Cc1c(N)nsc1NCC1CCCCN1C. The number of likely N-dealkylation sites (tertiary alicyclic amines) is 1. The van der Waals surface area contributed by atoms with Crippen LogP contribution in [0.25, 0.3) is 0 Å². The van der Waals surface area contributed by atoms with E-state index in [9.17, 15) is 0 Å². The lowest BCUT2D eigenvalue weighted by Crippen LogP contribution is -2.40. The molecule has 1 unspecified atom stereocenters. The Bertz CT molecular complexity index is 350. The van der Waals surface area contributed by atoms with Crippen LogP contribution in [0.2, 0.25) is 0 Å². The maximum atomic E-state index is 5.73. The molecular formula is C11H20N4S. The van der Waals surface area contributed by atoms with Gasteiger partial charge in [0.1, 0.15) is 10.8 Å². The van der Waals surface area contributed by atoms with Crippen LogP contribution in [0.3, 0.4) is 0 Å². The number of hydrogen-bond donors (Lipinski definition) is 2. The smallest absolute Gasteiger partial charge is 0.142 e. The molecule has 1 aliphatic heterocycles. The van der Waals surface area contributed by atoms with Crippen molar-refractivity contribution in [2.45, 2.75) is 32.2 Å². The fourth-order valence-electron chi connectivity index (χ4n) is 2.13. The lowest BCUT2D eigenvalue weighted by molar-refractivity contribution is 0.195. The summed E-state index contributed by atoms with van der Waals surface area (Å²) >= 11 is 1.46. The minimum Gasteiger partial charge on any atom is -0.383 e. The van der Waals surface area contributed by atoms with Gasteiger partial charge in [0.2, 0.25) is 0 Å². The van der Waals surface area contributed by atoms with Gasteiger partial charge in [0.25, 0.3) is 0 Å². The number of nitrogen functional groups attached to an aromatic ring is 1. The predicted octanol–water partition coefficient (Wildman–Crippen LogP) is 1.93. The molecule has 0 radical (unpaired) electrons. The van der Waals surface area contributed by atoms with E-state index in [0.29, 0.717) is 11.9 Å². The zero-order valence-electron chi connectivity index (χ0n) is 9.99. The molecule has 0 amide bonds. The highest BCUT2D eigenvalue weighted by molar-refractivity contribution is 7.10. The maximum Gasteiger partial charge on any atom is 0.142 e. The van der Waals surface area contributed by atoms with Gasteiger partial charge in [-0.2, -0.15) is 4.37 Å².